The Morgan fingerprint density at radius 1 is 1.00 bits per heavy atom. The predicted molar refractivity (Wildman–Crippen MR) is 85.1 cm³/mol. The van der Waals surface area contributed by atoms with Crippen LogP contribution in [0.2, 0.25) is 0 Å². The summed E-state index contributed by atoms with van der Waals surface area (Å²) in [5.41, 5.74) is 7.63. The summed E-state index contributed by atoms with van der Waals surface area (Å²) in [5, 5.41) is 0. The van der Waals surface area contributed by atoms with Gasteiger partial charge in [0, 0.05) is 15.7 Å². The molecule has 2 aromatic rings. The molecule has 2 N–H and O–H groups in total. The molecular formula is C16H18BrNO2. The van der Waals surface area contributed by atoms with E-state index < -0.39 is 0 Å². The van der Waals surface area contributed by atoms with E-state index in [9.17, 15) is 0 Å². The highest BCUT2D eigenvalue weighted by molar-refractivity contribution is 9.10. The third-order valence-electron chi connectivity index (χ3n) is 2.80. The molecule has 0 fully saturated rings. The van der Waals surface area contributed by atoms with Gasteiger partial charge >= 0.3 is 0 Å². The van der Waals surface area contributed by atoms with Crippen LogP contribution >= 0.6 is 15.9 Å². The Labute approximate surface area is 127 Å². The standard InChI is InChI=1S/C16H18BrNO2/c1-2-9-19-14-5-7-15(8-6-14)20-11-12-3-4-13(17)10-16(12)18/h3-8,10H,2,9,11,18H2,1H3. The highest BCUT2D eigenvalue weighted by atomic mass is 79.9. The molecule has 0 heterocycles. The summed E-state index contributed by atoms with van der Waals surface area (Å²) in [7, 11) is 0. The van der Waals surface area contributed by atoms with Crippen LogP contribution in [0.25, 0.3) is 0 Å². The molecule has 2 rings (SSSR count). The Hall–Kier alpha value is -1.68. The molecule has 0 unspecified atom stereocenters. The smallest absolute Gasteiger partial charge is 0.120 e. The Kier molecular flexibility index (Phi) is 5.30. The lowest BCUT2D eigenvalue weighted by molar-refractivity contribution is 0.302. The summed E-state index contributed by atoms with van der Waals surface area (Å²) in [5.74, 6) is 1.67. The lowest BCUT2D eigenvalue weighted by Gasteiger charge is -2.10. The van der Waals surface area contributed by atoms with Crippen LogP contribution in [0.15, 0.2) is 46.9 Å². The van der Waals surface area contributed by atoms with Gasteiger partial charge in [-0.3, -0.25) is 0 Å². The molecule has 0 aliphatic rings. The topological polar surface area (TPSA) is 44.5 Å². The zero-order valence-electron chi connectivity index (χ0n) is 11.4. The van der Waals surface area contributed by atoms with E-state index in [-0.39, 0.29) is 0 Å². The maximum Gasteiger partial charge on any atom is 0.120 e. The maximum atomic E-state index is 5.93. The molecular weight excluding hydrogens is 318 g/mol. The fourth-order valence-corrected chi connectivity index (χ4v) is 2.09. The van der Waals surface area contributed by atoms with Crippen molar-refractivity contribution in [2.24, 2.45) is 0 Å². The second-order valence-corrected chi connectivity index (χ2v) is 5.37. The number of hydrogen-bond acceptors (Lipinski definition) is 3. The number of anilines is 1. The van der Waals surface area contributed by atoms with Gasteiger partial charge in [-0.1, -0.05) is 28.9 Å². The van der Waals surface area contributed by atoms with Crippen LogP contribution in [0.4, 0.5) is 5.69 Å². The van der Waals surface area contributed by atoms with E-state index in [1.165, 1.54) is 0 Å². The van der Waals surface area contributed by atoms with Crippen LogP contribution in [0, 0.1) is 0 Å². The van der Waals surface area contributed by atoms with Crippen LogP contribution in [0.3, 0.4) is 0 Å². The van der Waals surface area contributed by atoms with Gasteiger partial charge in [0.25, 0.3) is 0 Å². The van der Waals surface area contributed by atoms with Crippen molar-refractivity contribution >= 4 is 21.6 Å². The minimum Gasteiger partial charge on any atom is -0.494 e. The molecule has 0 saturated heterocycles. The fraction of sp³-hybridized carbons (Fsp3) is 0.250. The fourth-order valence-electron chi connectivity index (χ4n) is 1.71. The van der Waals surface area contributed by atoms with Crippen molar-refractivity contribution in [3.05, 3.63) is 52.5 Å². The van der Waals surface area contributed by atoms with Gasteiger partial charge in [0.15, 0.2) is 0 Å². The number of ether oxygens (including phenoxy) is 2. The van der Waals surface area contributed by atoms with E-state index in [1.807, 2.05) is 42.5 Å². The molecule has 0 aromatic heterocycles. The molecule has 0 aliphatic heterocycles. The van der Waals surface area contributed by atoms with E-state index in [0.717, 1.165) is 40.3 Å². The van der Waals surface area contributed by atoms with E-state index in [4.69, 9.17) is 15.2 Å². The molecule has 20 heavy (non-hydrogen) atoms. The van der Waals surface area contributed by atoms with Crippen molar-refractivity contribution in [1.82, 2.24) is 0 Å². The highest BCUT2D eigenvalue weighted by Crippen LogP contribution is 2.22. The largest absolute Gasteiger partial charge is 0.494 e. The molecule has 106 valence electrons. The highest BCUT2D eigenvalue weighted by Gasteiger charge is 2.02. The number of hydrogen-bond donors (Lipinski definition) is 1. The summed E-state index contributed by atoms with van der Waals surface area (Å²) in [6.07, 6.45) is 1.00. The first-order valence-corrected chi connectivity index (χ1v) is 7.38. The van der Waals surface area contributed by atoms with Crippen molar-refractivity contribution < 1.29 is 9.47 Å². The van der Waals surface area contributed by atoms with Crippen LogP contribution in [-0.2, 0) is 6.61 Å². The molecule has 0 saturated carbocycles. The molecule has 0 aliphatic carbocycles. The van der Waals surface area contributed by atoms with Gasteiger partial charge in [0.1, 0.15) is 18.1 Å². The number of halogens is 1. The molecule has 0 spiro atoms. The number of benzene rings is 2. The van der Waals surface area contributed by atoms with Crippen molar-refractivity contribution in [2.45, 2.75) is 20.0 Å². The normalized spacial score (nSPS) is 10.3. The average molecular weight is 336 g/mol. The van der Waals surface area contributed by atoms with Gasteiger partial charge < -0.3 is 15.2 Å². The third-order valence-corrected chi connectivity index (χ3v) is 3.29. The van der Waals surface area contributed by atoms with Crippen molar-refractivity contribution in [3.63, 3.8) is 0 Å². The van der Waals surface area contributed by atoms with E-state index in [1.54, 1.807) is 0 Å². The van der Waals surface area contributed by atoms with Gasteiger partial charge in [-0.2, -0.15) is 0 Å². The summed E-state index contributed by atoms with van der Waals surface area (Å²) < 4.78 is 12.2. The van der Waals surface area contributed by atoms with Gasteiger partial charge in [-0.15, -0.1) is 0 Å². The van der Waals surface area contributed by atoms with Gasteiger partial charge in [0.2, 0.25) is 0 Å². The van der Waals surface area contributed by atoms with Crippen molar-refractivity contribution in [3.8, 4) is 11.5 Å². The molecule has 4 heteroatoms. The lowest BCUT2D eigenvalue weighted by Crippen LogP contribution is -2.00. The maximum absolute atomic E-state index is 5.93. The number of nitrogens with two attached hydrogens (primary N) is 1. The van der Waals surface area contributed by atoms with E-state index >= 15 is 0 Å². The Bertz CT molecular complexity index is 555. The number of rotatable bonds is 6. The molecule has 0 amide bonds. The lowest BCUT2D eigenvalue weighted by atomic mass is 10.2. The van der Waals surface area contributed by atoms with Crippen LogP contribution in [0.1, 0.15) is 18.9 Å². The second kappa shape index (κ2) is 7.20. The third kappa shape index (κ3) is 4.17. The molecule has 3 nitrogen and oxygen atoms in total. The first-order valence-electron chi connectivity index (χ1n) is 6.58. The zero-order chi connectivity index (χ0) is 14.4. The first-order chi connectivity index (χ1) is 9.69. The predicted octanol–water partition coefficient (Wildman–Crippen LogP) is 4.40. The summed E-state index contributed by atoms with van der Waals surface area (Å²) >= 11 is 3.39. The van der Waals surface area contributed by atoms with Crippen LogP contribution in [0.5, 0.6) is 11.5 Å². The van der Waals surface area contributed by atoms with Gasteiger partial charge in [0.05, 0.1) is 6.61 Å². The van der Waals surface area contributed by atoms with Crippen LogP contribution < -0.4 is 15.2 Å². The Morgan fingerprint density at radius 3 is 2.25 bits per heavy atom. The van der Waals surface area contributed by atoms with E-state index in [2.05, 4.69) is 22.9 Å². The zero-order valence-corrected chi connectivity index (χ0v) is 13.0. The Morgan fingerprint density at radius 2 is 1.65 bits per heavy atom. The van der Waals surface area contributed by atoms with Crippen LogP contribution in [-0.4, -0.2) is 6.61 Å². The molecule has 0 radical (unpaired) electrons. The van der Waals surface area contributed by atoms with Gasteiger partial charge in [-0.25, -0.2) is 0 Å². The van der Waals surface area contributed by atoms with E-state index in [0.29, 0.717) is 6.61 Å². The number of nitrogen functional groups attached to an aromatic ring is 1. The first kappa shape index (κ1) is 14.7. The minimum absolute atomic E-state index is 0.453. The van der Waals surface area contributed by atoms with Gasteiger partial charge in [-0.05, 0) is 42.8 Å². The molecule has 0 bridgehead atoms. The summed E-state index contributed by atoms with van der Waals surface area (Å²) in [6.45, 7) is 3.27. The van der Waals surface area contributed by atoms with Crippen molar-refractivity contribution in [2.75, 3.05) is 12.3 Å². The monoisotopic (exact) mass is 335 g/mol. The summed E-state index contributed by atoms with van der Waals surface area (Å²) in [4.78, 5) is 0. The second-order valence-electron chi connectivity index (χ2n) is 4.45. The Balaban J connectivity index is 1.93. The quantitative estimate of drug-likeness (QED) is 0.795. The minimum atomic E-state index is 0.453. The van der Waals surface area contributed by atoms with Crippen molar-refractivity contribution in [1.29, 1.82) is 0 Å². The SMILES string of the molecule is CCCOc1ccc(OCc2ccc(Br)cc2N)cc1. The molecule has 0 atom stereocenters. The average Bonchev–Trinajstić information content (AvgIpc) is 2.45. The molecule has 2 aromatic carbocycles. The summed E-state index contributed by atoms with van der Waals surface area (Å²) in [6, 6.07) is 13.4.